The van der Waals surface area contributed by atoms with E-state index in [4.69, 9.17) is 5.11 Å². The number of nitrogens with zero attached hydrogens (tertiary/aromatic N) is 1. The van der Waals surface area contributed by atoms with E-state index in [9.17, 15) is 14.9 Å². The zero-order valence-electron chi connectivity index (χ0n) is 10.3. The molecule has 0 radical (unpaired) electrons. The lowest BCUT2D eigenvalue weighted by Crippen LogP contribution is -2.35. The van der Waals surface area contributed by atoms with Crippen molar-refractivity contribution >= 4 is 11.7 Å². The van der Waals surface area contributed by atoms with Gasteiger partial charge >= 0.3 is 5.97 Å². The van der Waals surface area contributed by atoms with Crippen molar-refractivity contribution in [2.24, 2.45) is 5.92 Å². The number of benzene rings is 1. The number of nitrogens with one attached hydrogen (secondary N) is 1. The maximum atomic E-state index is 10.8. The van der Waals surface area contributed by atoms with Crippen LogP contribution in [-0.4, -0.2) is 22.0 Å². The second-order valence-corrected chi connectivity index (χ2v) is 4.22. The highest BCUT2D eigenvalue weighted by Gasteiger charge is 2.18. The fourth-order valence-electron chi connectivity index (χ4n) is 1.45. The van der Waals surface area contributed by atoms with Gasteiger partial charge in [0.05, 0.1) is 10.8 Å². The maximum absolute atomic E-state index is 10.8. The highest BCUT2D eigenvalue weighted by atomic mass is 16.6. The molecule has 0 heterocycles. The van der Waals surface area contributed by atoms with Gasteiger partial charge in [0.1, 0.15) is 0 Å². The van der Waals surface area contributed by atoms with Gasteiger partial charge in [0, 0.05) is 24.7 Å². The van der Waals surface area contributed by atoms with E-state index in [1.54, 1.807) is 26.0 Å². The number of hydrogen-bond acceptors (Lipinski definition) is 4. The zero-order chi connectivity index (χ0) is 13.7. The van der Waals surface area contributed by atoms with Crippen molar-refractivity contribution in [2.45, 2.75) is 26.4 Å². The van der Waals surface area contributed by atoms with Gasteiger partial charge in [0.15, 0.2) is 0 Å². The summed E-state index contributed by atoms with van der Waals surface area (Å²) in [6.45, 7) is 3.80. The Labute approximate surface area is 105 Å². The average Bonchev–Trinajstić information content (AvgIpc) is 2.35. The number of carboxylic acids is 1. The summed E-state index contributed by atoms with van der Waals surface area (Å²) in [6, 6.07) is 6.07. The number of rotatable bonds is 6. The Morgan fingerprint density at radius 3 is 2.72 bits per heavy atom. The van der Waals surface area contributed by atoms with Crippen LogP contribution in [0.2, 0.25) is 0 Å². The molecule has 0 bridgehead atoms. The van der Waals surface area contributed by atoms with Crippen LogP contribution in [0, 0.1) is 16.0 Å². The summed E-state index contributed by atoms with van der Waals surface area (Å²) in [5.41, 5.74) is 0.793. The van der Waals surface area contributed by atoms with Crippen molar-refractivity contribution in [2.75, 3.05) is 0 Å². The fraction of sp³-hybridized carbons (Fsp3) is 0.417. The van der Waals surface area contributed by atoms with E-state index < -0.39 is 16.8 Å². The molecule has 0 fully saturated rings. The minimum Gasteiger partial charge on any atom is -0.481 e. The predicted molar refractivity (Wildman–Crippen MR) is 66.2 cm³/mol. The fourth-order valence-corrected chi connectivity index (χ4v) is 1.45. The standard InChI is InChI=1S/C12H16N2O4/c1-8(12(15)16)9(2)13-7-10-4-3-5-11(6-10)14(17)18/h3-6,8-9,13H,7H2,1-2H3,(H,15,16). The molecule has 0 saturated carbocycles. The molecule has 2 unspecified atom stereocenters. The summed E-state index contributed by atoms with van der Waals surface area (Å²) in [7, 11) is 0. The first-order valence-electron chi connectivity index (χ1n) is 5.61. The normalized spacial score (nSPS) is 13.9. The molecule has 1 aromatic rings. The van der Waals surface area contributed by atoms with Gasteiger partial charge in [-0.1, -0.05) is 19.1 Å². The van der Waals surface area contributed by atoms with Crippen LogP contribution < -0.4 is 5.32 Å². The Balaban J connectivity index is 2.61. The predicted octanol–water partition coefficient (Wildman–Crippen LogP) is 1.79. The number of non-ortho nitro benzene ring substituents is 1. The summed E-state index contributed by atoms with van der Waals surface area (Å²) in [5, 5.41) is 22.5. The quantitative estimate of drug-likeness (QED) is 0.594. The average molecular weight is 252 g/mol. The molecule has 0 aromatic heterocycles. The Morgan fingerprint density at radius 1 is 1.50 bits per heavy atom. The number of nitro benzene ring substituents is 1. The molecule has 0 spiro atoms. The van der Waals surface area contributed by atoms with Crippen molar-refractivity contribution in [1.29, 1.82) is 0 Å². The molecule has 1 rings (SSSR count). The van der Waals surface area contributed by atoms with E-state index in [0.29, 0.717) is 6.54 Å². The molecule has 0 aliphatic heterocycles. The zero-order valence-corrected chi connectivity index (χ0v) is 10.3. The van der Waals surface area contributed by atoms with Crippen LogP contribution in [0.15, 0.2) is 24.3 Å². The molecule has 0 saturated heterocycles. The summed E-state index contributed by atoms with van der Waals surface area (Å²) < 4.78 is 0. The maximum Gasteiger partial charge on any atom is 0.307 e. The Morgan fingerprint density at radius 2 is 2.17 bits per heavy atom. The summed E-state index contributed by atoms with van der Waals surface area (Å²) >= 11 is 0. The van der Waals surface area contributed by atoms with Crippen LogP contribution in [0.4, 0.5) is 5.69 Å². The minimum absolute atomic E-state index is 0.0354. The molecule has 0 amide bonds. The van der Waals surface area contributed by atoms with E-state index in [1.807, 2.05) is 0 Å². The third kappa shape index (κ3) is 3.81. The molecule has 0 aliphatic rings. The monoisotopic (exact) mass is 252 g/mol. The van der Waals surface area contributed by atoms with E-state index in [1.165, 1.54) is 12.1 Å². The molecule has 2 atom stereocenters. The number of carbonyl (C=O) groups is 1. The summed E-state index contributed by atoms with van der Waals surface area (Å²) in [5.74, 6) is -1.38. The third-order valence-electron chi connectivity index (χ3n) is 2.89. The molecule has 18 heavy (non-hydrogen) atoms. The Kier molecular flexibility index (Phi) is 4.79. The molecule has 6 nitrogen and oxygen atoms in total. The Hall–Kier alpha value is -1.95. The van der Waals surface area contributed by atoms with Gasteiger partial charge in [-0.05, 0) is 12.5 Å². The van der Waals surface area contributed by atoms with Gasteiger partial charge in [0.25, 0.3) is 5.69 Å². The topological polar surface area (TPSA) is 92.5 Å². The largest absolute Gasteiger partial charge is 0.481 e. The van der Waals surface area contributed by atoms with Crippen molar-refractivity contribution in [1.82, 2.24) is 5.32 Å². The van der Waals surface area contributed by atoms with E-state index >= 15 is 0 Å². The highest BCUT2D eigenvalue weighted by Crippen LogP contribution is 2.13. The molecule has 98 valence electrons. The molecule has 6 heteroatoms. The van der Waals surface area contributed by atoms with Crippen LogP contribution >= 0.6 is 0 Å². The molecule has 2 N–H and O–H groups in total. The van der Waals surface area contributed by atoms with Crippen LogP contribution in [-0.2, 0) is 11.3 Å². The van der Waals surface area contributed by atoms with Crippen LogP contribution in [0.5, 0.6) is 0 Å². The van der Waals surface area contributed by atoms with Gasteiger partial charge < -0.3 is 10.4 Å². The summed E-state index contributed by atoms with van der Waals surface area (Å²) in [4.78, 5) is 20.9. The van der Waals surface area contributed by atoms with Crippen LogP contribution in [0.3, 0.4) is 0 Å². The highest BCUT2D eigenvalue weighted by molar-refractivity contribution is 5.70. The van der Waals surface area contributed by atoms with Gasteiger partial charge in [-0.25, -0.2) is 0 Å². The van der Waals surface area contributed by atoms with E-state index in [0.717, 1.165) is 5.56 Å². The number of nitro groups is 1. The van der Waals surface area contributed by atoms with Gasteiger partial charge in [-0.2, -0.15) is 0 Å². The van der Waals surface area contributed by atoms with Crippen LogP contribution in [0.25, 0.3) is 0 Å². The number of carboxylic acid groups (broad SMARTS) is 1. The SMILES string of the molecule is CC(NCc1cccc([N+](=O)[O-])c1)C(C)C(=O)O. The third-order valence-corrected chi connectivity index (χ3v) is 2.89. The minimum atomic E-state index is -0.867. The van der Waals surface area contributed by atoms with E-state index in [-0.39, 0.29) is 11.7 Å². The lowest BCUT2D eigenvalue weighted by atomic mass is 10.0. The van der Waals surface area contributed by atoms with Crippen molar-refractivity contribution < 1.29 is 14.8 Å². The lowest BCUT2D eigenvalue weighted by molar-refractivity contribution is -0.384. The second kappa shape index (κ2) is 6.11. The van der Waals surface area contributed by atoms with Crippen molar-refractivity contribution in [3.05, 3.63) is 39.9 Å². The first-order chi connectivity index (χ1) is 8.41. The smallest absolute Gasteiger partial charge is 0.307 e. The number of aliphatic carboxylic acids is 1. The van der Waals surface area contributed by atoms with Gasteiger partial charge in [-0.15, -0.1) is 0 Å². The van der Waals surface area contributed by atoms with Gasteiger partial charge in [-0.3, -0.25) is 14.9 Å². The number of hydrogen-bond donors (Lipinski definition) is 2. The van der Waals surface area contributed by atoms with Crippen molar-refractivity contribution in [3.8, 4) is 0 Å². The van der Waals surface area contributed by atoms with E-state index in [2.05, 4.69) is 5.32 Å². The first kappa shape index (κ1) is 14.1. The van der Waals surface area contributed by atoms with Crippen molar-refractivity contribution in [3.63, 3.8) is 0 Å². The molecular weight excluding hydrogens is 236 g/mol. The molecule has 1 aromatic carbocycles. The molecular formula is C12H16N2O4. The second-order valence-electron chi connectivity index (χ2n) is 4.22. The Bertz CT molecular complexity index is 447. The first-order valence-corrected chi connectivity index (χ1v) is 5.61. The van der Waals surface area contributed by atoms with Crippen LogP contribution in [0.1, 0.15) is 19.4 Å². The van der Waals surface area contributed by atoms with Gasteiger partial charge in [0.2, 0.25) is 0 Å². The summed E-state index contributed by atoms with van der Waals surface area (Å²) in [6.07, 6.45) is 0. The molecule has 0 aliphatic carbocycles. The lowest BCUT2D eigenvalue weighted by Gasteiger charge is -2.17.